The van der Waals surface area contributed by atoms with Crippen LogP contribution in [0.25, 0.3) is 0 Å². The fourth-order valence-electron chi connectivity index (χ4n) is 2.54. The topological polar surface area (TPSA) is 42.0 Å². The molecule has 128 valence electrons. The number of hydrogen-bond donors (Lipinski definition) is 0. The van der Waals surface area contributed by atoms with E-state index in [1.54, 1.807) is 12.1 Å². The molecule has 2 saturated heterocycles. The molecule has 0 aliphatic carbocycles. The molecule has 0 bridgehead atoms. The van der Waals surface area contributed by atoms with E-state index in [4.69, 9.17) is 9.47 Å². The Bertz CT molecular complexity index is 533. The number of carbonyl (C=O) groups excluding carboxylic acids is 1. The molecule has 6 heteroatoms. The number of ether oxygens (including phenoxy) is 2. The molecule has 0 N–H and O–H groups in total. The van der Waals surface area contributed by atoms with E-state index >= 15 is 0 Å². The van der Waals surface area contributed by atoms with Gasteiger partial charge in [-0.05, 0) is 25.1 Å². The second-order valence-electron chi connectivity index (χ2n) is 5.75. The third-order valence-electron chi connectivity index (χ3n) is 3.56. The molecular weight excluding hydrogens is 299 g/mol. The molecule has 0 saturated carbocycles. The highest BCUT2D eigenvalue weighted by Gasteiger charge is 2.30. The monoisotopic (exact) mass is 324 g/mol. The van der Waals surface area contributed by atoms with E-state index in [2.05, 4.69) is 13.8 Å². The van der Waals surface area contributed by atoms with Crippen LogP contribution in [0.3, 0.4) is 0 Å². The molecular formula is C17H25FN2O3. The summed E-state index contributed by atoms with van der Waals surface area (Å²) in [7, 11) is 0. The molecule has 2 aliphatic heterocycles. The van der Waals surface area contributed by atoms with Crippen LogP contribution in [0.4, 0.5) is 20.6 Å². The van der Waals surface area contributed by atoms with Crippen molar-refractivity contribution >= 4 is 17.5 Å². The summed E-state index contributed by atoms with van der Waals surface area (Å²) in [5.41, 5.74) is 1.09. The summed E-state index contributed by atoms with van der Waals surface area (Å²) in [5.74, 6) is -0.322. The summed E-state index contributed by atoms with van der Waals surface area (Å²) >= 11 is 0. The van der Waals surface area contributed by atoms with Crippen molar-refractivity contribution in [3.8, 4) is 0 Å². The summed E-state index contributed by atoms with van der Waals surface area (Å²) in [4.78, 5) is 15.0. The molecule has 1 aromatic rings. The molecule has 2 heterocycles. The fraction of sp³-hybridized carbons (Fsp3) is 0.588. The van der Waals surface area contributed by atoms with E-state index in [9.17, 15) is 9.18 Å². The largest absolute Gasteiger partial charge is 0.444 e. The maximum absolute atomic E-state index is 14.3. The lowest BCUT2D eigenvalue weighted by atomic mass is 10.2. The molecule has 1 atom stereocenters. The number of amides is 1. The average Bonchev–Trinajstić information content (AvgIpc) is 2.87. The third kappa shape index (κ3) is 4.34. The van der Waals surface area contributed by atoms with Crippen molar-refractivity contribution < 1.29 is 18.7 Å². The first kappa shape index (κ1) is 17.5. The Morgan fingerprint density at radius 1 is 1.26 bits per heavy atom. The predicted molar refractivity (Wildman–Crippen MR) is 88.7 cm³/mol. The van der Waals surface area contributed by atoms with Gasteiger partial charge in [-0.2, -0.15) is 0 Å². The summed E-state index contributed by atoms with van der Waals surface area (Å²) in [6.07, 6.45) is 0.667. The fourth-order valence-corrected chi connectivity index (χ4v) is 2.54. The quantitative estimate of drug-likeness (QED) is 0.836. The predicted octanol–water partition coefficient (Wildman–Crippen LogP) is 3.42. The Balaban J connectivity index is 0.000000595. The average molecular weight is 324 g/mol. The summed E-state index contributed by atoms with van der Waals surface area (Å²) < 4.78 is 24.6. The van der Waals surface area contributed by atoms with Crippen LogP contribution in [0.2, 0.25) is 0 Å². The van der Waals surface area contributed by atoms with Gasteiger partial charge in [-0.15, -0.1) is 0 Å². The molecule has 0 radical (unpaired) electrons. The highest BCUT2D eigenvalue weighted by atomic mass is 19.1. The van der Waals surface area contributed by atoms with Crippen LogP contribution >= 0.6 is 0 Å². The van der Waals surface area contributed by atoms with E-state index in [-0.39, 0.29) is 11.9 Å². The number of benzene rings is 1. The minimum Gasteiger partial charge on any atom is -0.444 e. The van der Waals surface area contributed by atoms with Crippen molar-refractivity contribution in [1.29, 1.82) is 0 Å². The van der Waals surface area contributed by atoms with Crippen molar-refractivity contribution in [3.63, 3.8) is 0 Å². The number of anilines is 2. The third-order valence-corrected chi connectivity index (χ3v) is 3.56. The van der Waals surface area contributed by atoms with Gasteiger partial charge in [0, 0.05) is 13.1 Å². The molecule has 23 heavy (non-hydrogen) atoms. The van der Waals surface area contributed by atoms with Gasteiger partial charge in [0.1, 0.15) is 11.9 Å². The van der Waals surface area contributed by atoms with Crippen molar-refractivity contribution in [2.24, 2.45) is 0 Å². The second-order valence-corrected chi connectivity index (χ2v) is 5.75. The van der Waals surface area contributed by atoms with Gasteiger partial charge in [0.25, 0.3) is 0 Å². The Kier molecular flexibility index (Phi) is 6.21. The molecule has 1 aromatic carbocycles. The van der Waals surface area contributed by atoms with Crippen molar-refractivity contribution in [2.45, 2.75) is 33.3 Å². The first-order chi connectivity index (χ1) is 11.1. The van der Waals surface area contributed by atoms with E-state index in [0.29, 0.717) is 44.2 Å². The van der Waals surface area contributed by atoms with E-state index in [1.165, 1.54) is 17.4 Å². The smallest absolute Gasteiger partial charge is 0.414 e. The highest BCUT2D eigenvalue weighted by Crippen LogP contribution is 2.28. The number of nitrogens with zero attached hydrogens (tertiary/aromatic N) is 2. The summed E-state index contributed by atoms with van der Waals surface area (Å²) in [6, 6.07) is 4.86. The van der Waals surface area contributed by atoms with Crippen LogP contribution in [0.1, 0.15) is 27.2 Å². The molecule has 0 spiro atoms. The van der Waals surface area contributed by atoms with Crippen LogP contribution in [-0.2, 0) is 9.47 Å². The lowest BCUT2D eigenvalue weighted by Crippen LogP contribution is -2.36. The van der Waals surface area contributed by atoms with Crippen LogP contribution in [-0.4, -0.2) is 45.0 Å². The standard InChI is InChI=1S/C14H17FN2O3.C3H8/c1-10-9-17(14(18)20-10)11-2-3-13(12(15)8-11)16-4-6-19-7-5-16;1-3-2/h2-3,8,10H,4-7,9H2,1H3;3H2,1-2H3/t10-;/m0./s1. The van der Waals surface area contributed by atoms with Gasteiger partial charge in [-0.25, -0.2) is 9.18 Å². The zero-order valence-corrected chi connectivity index (χ0v) is 14.0. The molecule has 2 aliphatic rings. The van der Waals surface area contributed by atoms with Crippen LogP contribution in [0.15, 0.2) is 18.2 Å². The van der Waals surface area contributed by atoms with Crippen LogP contribution < -0.4 is 9.80 Å². The Morgan fingerprint density at radius 2 is 1.91 bits per heavy atom. The number of hydrogen-bond acceptors (Lipinski definition) is 4. The van der Waals surface area contributed by atoms with E-state index < -0.39 is 6.09 Å². The number of rotatable bonds is 2. The number of halogens is 1. The van der Waals surface area contributed by atoms with Crippen molar-refractivity contribution in [2.75, 3.05) is 42.6 Å². The molecule has 3 rings (SSSR count). The van der Waals surface area contributed by atoms with E-state index in [1.807, 2.05) is 11.8 Å². The Hall–Kier alpha value is -1.82. The van der Waals surface area contributed by atoms with Crippen molar-refractivity contribution in [3.05, 3.63) is 24.0 Å². The molecule has 2 fully saturated rings. The Morgan fingerprint density at radius 3 is 2.43 bits per heavy atom. The summed E-state index contributed by atoms with van der Waals surface area (Å²) in [5, 5.41) is 0. The van der Waals surface area contributed by atoms with Gasteiger partial charge in [0.05, 0.1) is 31.1 Å². The Labute approximate surface area is 137 Å². The molecule has 1 amide bonds. The lowest BCUT2D eigenvalue weighted by Gasteiger charge is -2.29. The van der Waals surface area contributed by atoms with E-state index in [0.717, 1.165) is 0 Å². The normalized spacial score (nSPS) is 20.9. The first-order valence-electron chi connectivity index (χ1n) is 8.17. The van der Waals surface area contributed by atoms with Crippen molar-refractivity contribution in [1.82, 2.24) is 0 Å². The highest BCUT2D eigenvalue weighted by molar-refractivity contribution is 5.90. The molecule has 0 unspecified atom stereocenters. The lowest BCUT2D eigenvalue weighted by molar-refractivity contribution is 0.122. The number of cyclic esters (lactones) is 1. The van der Waals surface area contributed by atoms with Gasteiger partial charge in [0.2, 0.25) is 0 Å². The SMILES string of the molecule is CCC.C[C@H]1CN(c2ccc(N3CCOCC3)c(F)c2)C(=O)O1. The van der Waals surface area contributed by atoms with Gasteiger partial charge in [-0.3, -0.25) is 4.90 Å². The first-order valence-corrected chi connectivity index (χ1v) is 8.17. The van der Waals surface area contributed by atoms with Crippen LogP contribution in [0.5, 0.6) is 0 Å². The van der Waals surface area contributed by atoms with Gasteiger partial charge in [0.15, 0.2) is 0 Å². The summed E-state index contributed by atoms with van der Waals surface area (Å²) in [6.45, 7) is 9.10. The molecule has 0 aromatic heterocycles. The van der Waals surface area contributed by atoms with Gasteiger partial charge < -0.3 is 14.4 Å². The molecule has 5 nitrogen and oxygen atoms in total. The zero-order chi connectivity index (χ0) is 16.8. The zero-order valence-electron chi connectivity index (χ0n) is 14.0. The second kappa shape index (κ2) is 8.15. The minimum atomic E-state index is -0.420. The minimum absolute atomic E-state index is 0.163. The van der Waals surface area contributed by atoms with Crippen LogP contribution in [0, 0.1) is 5.82 Å². The number of morpholine rings is 1. The number of carbonyl (C=O) groups is 1. The maximum atomic E-state index is 14.3. The van der Waals surface area contributed by atoms with Gasteiger partial charge in [-0.1, -0.05) is 20.3 Å². The maximum Gasteiger partial charge on any atom is 0.414 e. The van der Waals surface area contributed by atoms with Gasteiger partial charge >= 0.3 is 6.09 Å².